The minimum absolute atomic E-state index is 0.00553. The number of allylic oxidation sites excluding steroid dienone is 6. The maximum atomic E-state index is 13.4. The zero-order chi connectivity index (χ0) is 35.6. The van der Waals surface area contributed by atoms with Crippen molar-refractivity contribution in [3.05, 3.63) is 124 Å². The smallest absolute Gasteiger partial charge is 0.197 e. The summed E-state index contributed by atoms with van der Waals surface area (Å²) < 4.78 is 2.19. The molecule has 8 nitrogen and oxygen atoms in total. The molecule has 2 aromatic carbocycles. The SMILES string of the molecule is CC1(C)C(C=C2C(=O)c3cc(C#N)c(C#N)cc3C2=O)=Cc2sc3c4c(sc3c21)C=C(C=C1C(=O)c2cc(C#N)c(C#N)cc2C1=O)C4(C)C. The number of carbonyl (C=O) groups is 4. The first-order chi connectivity index (χ1) is 23.8. The van der Waals surface area contributed by atoms with Crippen LogP contribution in [0.3, 0.4) is 0 Å². The third-order valence-corrected chi connectivity index (χ3v) is 12.6. The van der Waals surface area contributed by atoms with Crippen molar-refractivity contribution in [1.82, 2.24) is 0 Å². The molecule has 4 aliphatic carbocycles. The molecule has 0 aliphatic heterocycles. The second kappa shape index (κ2) is 10.1. The first-order valence-corrected chi connectivity index (χ1v) is 17.0. The standard InChI is InChI=1S/C40H20N4O4S2/c1-39(2)21(9-27-33(45)23-5-17(13-41)18(14-42)6-24(23)34(27)46)11-29-31(39)37-38(49-29)32-30(50-37)12-22(40(32,3)4)10-28-35(47)25-7-19(15-43)20(16-44)8-26(25)36(28)48/h5-12H,1-4H3. The molecule has 0 spiro atoms. The molecular formula is C40H20N4O4S2. The van der Waals surface area contributed by atoms with E-state index in [1.165, 1.54) is 24.3 Å². The molecule has 0 amide bonds. The van der Waals surface area contributed by atoms with Gasteiger partial charge in [-0.15, -0.1) is 22.7 Å². The Morgan fingerprint density at radius 2 is 0.800 bits per heavy atom. The van der Waals surface area contributed by atoms with Gasteiger partial charge in [0.05, 0.1) is 42.8 Å². The minimum atomic E-state index is -0.554. The van der Waals surface area contributed by atoms with Gasteiger partial charge in [0, 0.05) is 42.8 Å². The number of ketones is 4. The third kappa shape index (κ3) is 3.86. The van der Waals surface area contributed by atoms with Crippen LogP contribution in [0.5, 0.6) is 0 Å². The summed E-state index contributed by atoms with van der Waals surface area (Å²) >= 11 is 3.24. The Morgan fingerprint density at radius 3 is 1.06 bits per heavy atom. The number of rotatable bonds is 2. The van der Waals surface area contributed by atoms with Crippen molar-refractivity contribution < 1.29 is 19.2 Å². The van der Waals surface area contributed by atoms with Crippen LogP contribution in [0.2, 0.25) is 0 Å². The highest BCUT2D eigenvalue weighted by Crippen LogP contribution is 2.58. The predicted molar refractivity (Wildman–Crippen MR) is 187 cm³/mol. The lowest BCUT2D eigenvalue weighted by Crippen LogP contribution is -2.17. The zero-order valence-electron chi connectivity index (χ0n) is 26.9. The molecule has 8 rings (SSSR count). The van der Waals surface area contributed by atoms with Gasteiger partial charge in [0.25, 0.3) is 0 Å². The van der Waals surface area contributed by atoms with Crippen molar-refractivity contribution in [3.8, 4) is 24.3 Å². The van der Waals surface area contributed by atoms with Crippen molar-refractivity contribution in [2.24, 2.45) is 0 Å². The summed E-state index contributed by atoms with van der Waals surface area (Å²) in [4.78, 5) is 55.6. The minimum Gasteiger partial charge on any atom is -0.288 e. The lowest BCUT2D eigenvalue weighted by molar-refractivity contribution is 0.0973. The third-order valence-electron chi connectivity index (χ3n) is 10.2. The molecule has 4 aromatic rings. The summed E-state index contributed by atoms with van der Waals surface area (Å²) in [6.45, 7) is 8.22. The van der Waals surface area contributed by atoms with Gasteiger partial charge in [-0.2, -0.15) is 21.0 Å². The molecule has 0 N–H and O–H groups in total. The van der Waals surface area contributed by atoms with Gasteiger partial charge in [-0.25, -0.2) is 0 Å². The highest BCUT2D eigenvalue weighted by atomic mass is 32.1. The fourth-order valence-electron chi connectivity index (χ4n) is 7.41. The van der Waals surface area contributed by atoms with Crippen molar-refractivity contribution in [2.45, 2.75) is 38.5 Å². The number of hydrogen-bond acceptors (Lipinski definition) is 10. The number of thiophene rings is 2. The van der Waals surface area contributed by atoms with E-state index in [4.69, 9.17) is 0 Å². The van der Waals surface area contributed by atoms with Crippen LogP contribution in [0.1, 0.15) is 112 Å². The van der Waals surface area contributed by atoms with Gasteiger partial charge in [-0.05, 0) is 70.8 Å². The normalized spacial score (nSPS) is 17.4. The average molecular weight is 685 g/mol. The van der Waals surface area contributed by atoms with E-state index in [2.05, 4.69) is 27.7 Å². The Balaban J connectivity index is 1.16. The van der Waals surface area contributed by atoms with Crippen LogP contribution in [0.4, 0.5) is 0 Å². The molecule has 0 saturated carbocycles. The van der Waals surface area contributed by atoms with Gasteiger partial charge >= 0.3 is 0 Å². The molecule has 2 heterocycles. The fourth-order valence-corrected chi connectivity index (χ4v) is 10.8. The molecule has 236 valence electrons. The van der Waals surface area contributed by atoms with Gasteiger partial charge < -0.3 is 0 Å². The van der Waals surface area contributed by atoms with E-state index in [1.54, 1.807) is 34.8 Å². The zero-order valence-corrected chi connectivity index (χ0v) is 28.5. The maximum absolute atomic E-state index is 13.4. The van der Waals surface area contributed by atoms with Crippen LogP contribution in [0.15, 0.2) is 58.7 Å². The molecule has 4 aliphatic rings. The molecule has 0 fully saturated rings. The van der Waals surface area contributed by atoms with Gasteiger partial charge in [-0.1, -0.05) is 27.7 Å². The van der Waals surface area contributed by atoms with Gasteiger partial charge in [0.1, 0.15) is 24.3 Å². The highest BCUT2D eigenvalue weighted by Gasteiger charge is 2.44. The van der Waals surface area contributed by atoms with E-state index in [0.717, 1.165) is 41.4 Å². The summed E-state index contributed by atoms with van der Waals surface area (Å²) in [7, 11) is 0. The van der Waals surface area contributed by atoms with Gasteiger partial charge in [0.15, 0.2) is 23.1 Å². The van der Waals surface area contributed by atoms with E-state index >= 15 is 0 Å². The van der Waals surface area contributed by atoms with E-state index in [1.807, 2.05) is 36.4 Å². The quantitative estimate of drug-likeness (QED) is 0.152. The molecule has 0 atom stereocenters. The van der Waals surface area contributed by atoms with Crippen molar-refractivity contribution in [1.29, 1.82) is 21.0 Å². The Labute approximate surface area is 293 Å². The van der Waals surface area contributed by atoms with Crippen molar-refractivity contribution in [3.63, 3.8) is 0 Å². The lowest BCUT2D eigenvalue weighted by atomic mass is 9.79. The largest absolute Gasteiger partial charge is 0.288 e. The first-order valence-electron chi connectivity index (χ1n) is 15.4. The number of nitriles is 4. The van der Waals surface area contributed by atoms with Crippen LogP contribution in [0.25, 0.3) is 21.6 Å². The highest BCUT2D eigenvalue weighted by molar-refractivity contribution is 7.29. The summed E-state index contributed by atoms with van der Waals surface area (Å²) in [5.41, 5.74) is 3.42. The first kappa shape index (κ1) is 31.0. The van der Waals surface area contributed by atoms with Gasteiger partial charge in [0.2, 0.25) is 0 Å². The van der Waals surface area contributed by atoms with Crippen LogP contribution < -0.4 is 0 Å². The van der Waals surface area contributed by atoms with E-state index in [9.17, 15) is 40.2 Å². The van der Waals surface area contributed by atoms with Crippen LogP contribution in [0, 0.1) is 45.3 Å². The second-order valence-corrected chi connectivity index (χ2v) is 15.7. The van der Waals surface area contributed by atoms with Crippen molar-refractivity contribution >= 4 is 67.4 Å². The van der Waals surface area contributed by atoms with Gasteiger partial charge in [-0.3, -0.25) is 19.2 Å². The molecule has 0 radical (unpaired) electrons. The number of Topliss-reactive ketones (excluding diaryl/α,β-unsaturated/α-hetero) is 4. The number of carbonyl (C=O) groups excluding carboxylic acids is 4. The Hall–Kier alpha value is -6.30. The molecule has 50 heavy (non-hydrogen) atoms. The predicted octanol–water partition coefficient (Wildman–Crippen LogP) is 7.81. The molecule has 2 aromatic heterocycles. The fraction of sp³-hybridized carbons (Fsp3) is 0.150. The van der Waals surface area contributed by atoms with Crippen molar-refractivity contribution in [2.75, 3.05) is 0 Å². The molecule has 10 heteroatoms. The van der Waals surface area contributed by atoms with Crippen LogP contribution >= 0.6 is 22.7 Å². The number of fused-ring (bicyclic) bond motifs is 7. The van der Waals surface area contributed by atoms with E-state index in [-0.39, 0.29) is 55.7 Å². The summed E-state index contributed by atoms with van der Waals surface area (Å²) in [6, 6.07) is 13.0. The summed E-state index contributed by atoms with van der Waals surface area (Å²) in [5, 5.41) is 37.7. The second-order valence-electron chi connectivity index (χ2n) is 13.6. The number of nitrogens with zero attached hydrogens (tertiary/aromatic N) is 4. The van der Waals surface area contributed by atoms with E-state index < -0.39 is 34.0 Å². The van der Waals surface area contributed by atoms with Crippen LogP contribution in [-0.4, -0.2) is 23.1 Å². The molecule has 0 unspecified atom stereocenters. The average Bonchev–Trinajstić information content (AvgIpc) is 3.86. The molecule has 0 bridgehead atoms. The Kier molecular flexibility index (Phi) is 6.27. The monoisotopic (exact) mass is 684 g/mol. The summed E-state index contributed by atoms with van der Waals surface area (Å²) in [6.07, 6.45) is 7.30. The Morgan fingerprint density at radius 1 is 0.520 bits per heavy atom. The topological polar surface area (TPSA) is 163 Å². The van der Waals surface area contributed by atoms with E-state index in [0.29, 0.717) is 0 Å². The Bertz CT molecular complexity index is 2470. The lowest BCUT2D eigenvalue weighted by Gasteiger charge is -2.23. The number of benzene rings is 2. The molecular weight excluding hydrogens is 665 g/mol. The number of hydrogen-bond donors (Lipinski definition) is 0. The maximum Gasteiger partial charge on any atom is 0.197 e. The van der Waals surface area contributed by atoms with Crippen LogP contribution in [-0.2, 0) is 10.8 Å². The summed E-state index contributed by atoms with van der Waals surface area (Å²) in [5.74, 6) is -1.87. The molecule has 0 saturated heterocycles.